The number of benzene rings is 1. The Labute approximate surface area is 120 Å². The molecule has 0 aliphatic carbocycles. The lowest BCUT2D eigenvalue weighted by molar-refractivity contribution is 0.0537. The van der Waals surface area contributed by atoms with Gasteiger partial charge in [-0.3, -0.25) is 0 Å². The summed E-state index contributed by atoms with van der Waals surface area (Å²) in [4.78, 5) is 0.285. The molecule has 0 spiro atoms. The second-order valence-electron chi connectivity index (χ2n) is 5.50. The number of rotatable bonds is 4. The van der Waals surface area contributed by atoms with Crippen LogP contribution >= 0.6 is 0 Å². The van der Waals surface area contributed by atoms with Crippen LogP contribution in [0.25, 0.3) is 0 Å². The quantitative estimate of drug-likeness (QED) is 0.829. The summed E-state index contributed by atoms with van der Waals surface area (Å²) in [5, 5.41) is 0. The number of hydrogen-bond acceptors (Lipinski definition) is 4. The Balaban J connectivity index is 2.32. The van der Waals surface area contributed by atoms with E-state index in [-0.39, 0.29) is 4.90 Å². The predicted molar refractivity (Wildman–Crippen MR) is 79.0 cm³/mol. The Kier molecular flexibility index (Phi) is 4.36. The fourth-order valence-electron chi connectivity index (χ4n) is 2.42. The van der Waals surface area contributed by atoms with E-state index in [0.717, 1.165) is 5.56 Å². The van der Waals surface area contributed by atoms with E-state index in [0.29, 0.717) is 38.2 Å². The van der Waals surface area contributed by atoms with Crippen LogP contribution in [-0.2, 0) is 21.2 Å². The minimum Gasteiger partial charge on any atom is -0.399 e. The Morgan fingerprint density at radius 2 is 2.00 bits per heavy atom. The van der Waals surface area contributed by atoms with Gasteiger partial charge in [-0.2, -0.15) is 0 Å². The summed E-state index contributed by atoms with van der Waals surface area (Å²) in [6.07, 6.45) is 2.00. The number of hydrogen-bond donors (Lipinski definition) is 2. The first kappa shape index (κ1) is 15.3. The van der Waals surface area contributed by atoms with E-state index in [4.69, 9.17) is 10.5 Å². The molecule has 0 bridgehead atoms. The van der Waals surface area contributed by atoms with E-state index < -0.39 is 15.6 Å². The number of anilines is 1. The van der Waals surface area contributed by atoms with Crippen LogP contribution in [0.15, 0.2) is 23.1 Å². The molecule has 3 N–H and O–H groups in total. The van der Waals surface area contributed by atoms with E-state index in [1.807, 2.05) is 13.8 Å². The molecule has 0 aromatic heterocycles. The van der Waals surface area contributed by atoms with Crippen molar-refractivity contribution in [1.29, 1.82) is 0 Å². The van der Waals surface area contributed by atoms with Crippen molar-refractivity contribution in [3.63, 3.8) is 0 Å². The summed E-state index contributed by atoms with van der Waals surface area (Å²) < 4.78 is 33.4. The molecule has 0 radical (unpaired) electrons. The van der Waals surface area contributed by atoms with E-state index in [2.05, 4.69) is 4.72 Å². The first-order chi connectivity index (χ1) is 9.36. The molecule has 2 rings (SSSR count). The minimum absolute atomic E-state index is 0.285. The monoisotopic (exact) mass is 298 g/mol. The molecule has 5 nitrogen and oxygen atoms in total. The number of sulfonamides is 1. The molecule has 1 saturated heterocycles. The fraction of sp³-hybridized carbons (Fsp3) is 0.571. The first-order valence-corrected chi connectivity index (χ1v) is 8.35. The second kappa shape index (κ2) is 5.71. The van der Waals surface area contributed by atoms with Crippen molar-refractivity contribution in [3.8, 4) is 0 Å². The molecule has 1 aliphatic heterocycles. The van der Waals surface area contributed by atoms with Gasteiger partial charge in [0.15, 0.2) is 0 Å². The van der Waals surface area contributed by atoms with E-state index in [1.165, 1.54) is 6.07 Å². The Morgan fingerprint density at radius 3 is 2.60 bits per heavy atom. The number of aryl methyl sites for hydroxylation is 1. The molecule has 0 atom stereocenters. The SMILES string of the molecule is CCc1ccc(N)cc1S(=O)(=O)NC1(C)CCOCC1. The third-order valence-electron chi connectivity index (χ3n) is 3.74. The highest BCUT2D eigenvalue weighted by molar-refractivity contribution is 7.89. The third-order valence-corrected chi connectivity index (χ3v) is 5.46. The molecule has 1 aliphatic rings. The predicted octanol–water partition coefficient (Wildman–Crippen LogP) is 1.68. The van der Waals surface area contributed by atoms with Gasteiger partial charge in [-0.05, 0) is 43.9 Å². The average Bonchev–Trinajstić information content (AvgIpc) is 2.38. The molecule has 1 aromatic rings. The summed E-state index contributed by atoms with van der Waals surface area (Å²) in [5.41, 5.74) is 6.52. The van der Waals surface area contributed by atoms with Crippen LogP contribution in [0.3, 0.4) is 0 Å². The molecular formula is C14H22N2O3S. The summed E-state index contributed by atoms with van der Waals surface area (Å²) in [6, 6.07) is 5.04. The Hall–Kier alpha value is -1.11. The smallest absolute Gasteiger partial charge is 0.241 e. The highest BCUT2D eigenvalue weighted by atomic mass is 32.2. The lowest BCUT2D eigenvalue weighted by Crippen LogP contribution is -2.49. The summed E-state index contributed by atoms with van der Waals surface area (Å²) in [7, 11) is -3.57. The van der Waals surface area contributed by atoms with Gasteiger partial charge in [-0.25, -0.2) is 13.1 Å². The molecule has 6 heteroatoms. The van der Waals surface area contributed by atoms with Gasteiger partial charge in [-0.15, -0.1) is 0 Å². The highest BCUT2D eigenvalue weighted by Crippen LogP contribution is 2.25. The number of nitrogen functional groups attached to an aromatic ring is 1. The molecule has 20 heavy (non-hydrogen) atoms. The standard InChI is InChI=1S/C14H22N2O3S/c1-3-11-4-5-12(15)10-13(11)20(17,18)16-14(2)6-8-19-9-7-14/h4-5,10,16H,3,6-9,15H2,1-2H3. The first-order valence-electron chi connectivity index (χ1n) is 6.86. The highest BCUT2D eigenvalue weighted by Gasteiger charge is 2.33. The van der Waals surface area contributed by atoms with Gasteiger partial charge < -0.3 is 10.5 Å². The van der Waals surface area contributed by atoms with Crippen LogP contribution in [0.2, 0.25) is 0 Å². The topological polar surface area (TPSA) is 81.4 Å². The van der Waals surface area contributed by atoms with Crippen LogP contribution in [-0.4, -0.2) is 27.2 Å². The molecule has 0 amide bonds. The zero-order chi connectivity index (χ0) is 14.8. The molecule has 112 valence electrons. The molecule has 0 unspecified atom stereocenters. The molecular weight excluding hydrogens is 276 g/mol. The maximum absolute atomic E-state index is 12.6. The van der Waals surface area contributed by atoms with Crippen LogP contribution < -0.4 is 10.5 Å². The van der Waals surface area contributed by atoms with E-state index in [1.54, 1.807) is 12.1 Å². The van der Waals surface area contributed by atoms with Crippen molar-refractivity contribution < 1.29 is 13.2 Å². The zero-order valence-corrected chi connectivity index (χ0v) is 12.8. The maximum Gasteiger partial charge on any atom is 0.241 e. The Morgan fingerprint density at radius 1 is 1.35 bits per heavy atom. The van der Waals surface area contributed by atoms with Crippen LogP contribution in [0.5, 0.6) is 0 Å². The largest absolute Gasteiger partial charge is 0.399 e. The number of nitrogens with one attached hydrogen (secondary N) is 1. The second-order valence-corrected chi connectivity index (χ2v) is 7.15. The molecule has 1 fully saturated rings. The number of ether oxygens (including phenoxy) is 1. The van der Waals surface area contributed by atoms with E-state index >= 15 is 0 Å². The van der Waals surface area contributed by atoms with Crippen LogP contribution in [0.4, 0.5) is 5.69 Å². The van der Waals surface area contributed by atoms with Gasteiger partial charge in [0.1, 0.15) is 0 Å². The van der Waals surface area contributed by atoms with Crippen LogP contribution in [0.1, 0.15) is 32.3 Å². The Bertz CT molecular complexity index is 578. The van der Waals surface area contributed by atoms with Crippen molar-refractivity contribution in [3.05, 3.63) is 23.8 Å². The average molecular weight is 298 g/mol. The lowest BCUT2D eigenvalue weighted by Gasteiger charge is -2.34. The minimum atomic E-state index is -3.57. The van der Waals surface area contributed by atoms with Crippen LogP contribution in [0, 0.1) is 0 Å². The van der Waals surface area contributed by atoms with Gasteiger partial charge in [0.2, 0.25) is 10.0 Å². The van der Waals surface area contributed by atoms with Crippen molar-refractivity contribution in [1.82, 2.24) is 4.72 Å². The van der Waals surface area contributed by atoms with Crippen molar-refractivity contribution in [2.75, 3.05) is 18.9 Å². The van der Waals surface area contributed by atoms with Crippen molar-refractivity contribution in [2.24, 2.45) is 0 Å². The number of nitrogens with two attached hydrogens (primary N) is 1. The zero-order valence-electron chi connectivity index (χ0n) is 12.0. The summed E-state index contributed by atoms with van der Waals surface area (Å²) >= 11 is 0. The van der Waals surface area contributed by atoms with Gasteiger partial charge in [-0.1, -0.05) is 13.0 Å². The summed E-state index contributed by atoms with van der Waals surface area (Å²) in [5.74, 6) is 0. The molecule has 1 aromatic carbocycles. The maximum atomic E-state index is 12.6. The van der Waals surface area contributed by atoms with Gasteiger partial charge >= 0.3 is 0 Å². The van der Waals surface area contributed by atoms with Gasteiger partial charge in [0, 0.05) is 24.4 Å². The normalized spacial score (nSPS) is 18.9. The molecule has 0 saturated carbocycles. The lowest BCUT2D eigenvalue weighted by atomic mass is 9.94. The fourth-order valence-corrected chi connectivity index (χ4v) is 4.23. The van der Waals surface area contributed by atoms with Crippen molar-refractivity contribution in [2.45, 2.75) is 43.5 Å². The third kappa shape index (κ3) is 3.31. The molecule has 1 heterocycles. The van der Waals surface area contributed by atoms with Crippen molar-refractivity contribution >= 4 is 15.7 Å². The summed E-state index contributed by atoms with van der Waals surface area (Å²) in [6.45, 7) is 5.01. The van der Waals surface area contributed by atoms with E-state index in [9.17, 15) is 8.42 Å². The van der Waals surface area contributed by atoms with Gasteiger partial charge in [0.25, 0.3) is 0 Å². The van der Waals surface area contributed by atoms with Gasteiger partial charge in [0.05, 0.1) is 4.90 Å².